The molecule has 1 nitrogen and oxygen atoms in total. The van der Waals surface area contributed by atoms with Crippen molar-refractivity contribution in [2.24, 2.45) is 5.92 Å². The van der Waals surface area contributed by atoms with Crippen molar-refractivity contribution in [3.63, 3.8) is 0 Å². The molecular weight excluding hydrogens is 234 g/mol. The van der Waals surface area contributed by atoms with Crippen molar-refractivity contribution in [2.75, 3.05) is 0 Å². The van der Waals surface area contributed by atoms with Gasteiger partial charge in [-0.3, -0.25) is 4.79 Å². The van der Waals surface area contributed by atoms with Gasteiger partial charge in [-0.25, -0.2) is 8.78 Å². The van der Waals surface area contributed by atoms with Crippen molar-refractivity contribution in [3.8, 4) is 0 Å². The van der Waals surface area contributed by atoms with Gasteiger partial charge in [-0.1, -0.05) is 38.2 Å². The van der Waals surface area contributed by atoms with Crippen LogP contribution in [0.15, 0.2) is 18.2 Å². The lowest BCUT2D eigenvalue weighted by Gasteiger charge is -2.18. The number of carbonyl (C=O) groups excluding carboxylic acids is 1. The number of halogens is 2. The second-order valence-electron chi connectivity index (χ2n) is 5.01. The predicted octanol–water partition coefficient (Wildman–Crippen LogP) is 4.51. The van der Waals surface area contributed by atoms with Crippen LogP contribution in [0.4, 0.5) is 8.78 Å². The molecule has 0 heterocycles. The van der Waals surface area contributed by atoms with Gasteiger partial charge in [0.2, 0.25) is 0 Å². The summed E-state index contributed by atoms with van der Waals surface area (Å²) in [5.41, 5.74) is -0.0828. The van der Waals surface area contributed by atoms with Crippen LogP contribution in [0.1, 0.15) is 55.3 Å². The molecule has 1 aliphatic carbocycles. The van der Waals surface area contributed by atoms with E-state index in [0.29, 0.717) is 0 Å². The molecule has 1 fully saturated rings. The van der Waals surface area contributed by atoms with Crippen LogP contribution in [-0.4, -0.2) is 5.78 Å². The van der Waals surface area contributed by atoms with Gasteiger partial charge in [0, 0.05) is 5.92 Å². The Bertz CT molecular complexity index is 421. The van der Waals surface area contributed by atoms with E-state index in [4.69, 9.17) is 0 Å². The Labute approximate surface area is 106 Å². The number of benzene rings is 1. The average Bonchev–Trinajstić information content (AvgIpc) is 2.31. The molecule has 1 saturated carbocycles. The SMILES string of the molecule is O=C(c1cccc(F)c1F)C1CCCCCCC1. The number of Topliss-reactive ketones (excluding diaryl/α,β-unsaturated/α-hetero) is 1. The van der Waals surface area contributed by atoms with E-state index in [9.17, 15) is 13.6 Å². The third-order valence-electron chi connectivity index (χ3n) is 3.69. The van der Waals surface area contributed by atoms with Gasteiger partial charge >= 0.3 is 0 Å². The minimum Gasteiger partial charge on any atom is -0.294 e. The van der Waals surface area contributed by atoms with Crippen molar-refractivity contribution in [2.45, 2.75) is 44.9 Å². The molecule has 0 aliphatic heterocycles. The first kappa shape index (κ1) is 13.2. The van der Waals surface area contributed by atoms with Gasteiger partial charge in [-0.15, -0.1) is 0 Å². The highest BCUT2D eigenvalue weighted by atomic mass is 19.2. The normalized spacial score (nSPS) is 18.1. The van der Waals surface area contributed by atoms with E-state index in [2.05, 4.69) is 0 Å². The molecule has 98 valence electrons. The minimum atomic E-state index is -0.996. The predicted molar refractivity (Wildman–Crippen MR) is 66.5 cm³/mol. The van der Waals surface area contributed by atoms with Gasteiger partial charge in [0.1, 0.15) is 0 Å². The molecule has 0 bridgehead atoms. The van der Waals surface area contributed by atoms with Crippen LogP contribution in [0, 0.1) is 17.6 Å². The van der Waals surface area contributed by atoms with Crippen LogP contribution in [0.5, 0.6) is 0 Å². The lowest BCUT2D eigenvalue weighted by molar-refractivity contribution is 0.0893. The molecule has 0 aromatic heterocycles. The molecule has 18 heavy (non-hydrogen) atoms. The standard InChI is InChI=1S/C15H18F2O/c16-13-10-6-9-12(14(13)17)15(18)11-7-4-2-1-3-5-8-11/h6,9-11H,1-5,7-8H2. The lowest BCUT2D eigenvalue weighted by atomic mass is 9.85. The van der Waals surface area contributed by atoms with Gasteiger partial charge in [-0.2, -0.15) is 0 Å². The summed E-state index contributed by atoms with van der Waals surface area (Å²) in [7, 11) is 0. The van der Waals surface area contributed by atoms with E-state index >= 15 is 0 Å². The number of hydrogen-bond acceptors (Lipinski definition) is 1. The van der Waals surface area contributed by atoms with Gasteiger partial charge in [-0.05, 0) is 25.0 Å². The van der Waals surface area contributed by atoms with Crippen LogP contribution >= 0.6 is 0 Å². The summed E-state index contributed by atoms with van der Waals surface area (Å²) in [5, 5.41) is 0. The van der Waals surface area contributed by atoms with Crippen molar-refractivity contribution in [3.05, 3.63) is 35.4 Å². The molecule has 0 radical (unpaired) electrons. The van der Waals surface area contributed by atoms with Crippen LogP contribution in [0.25, 0.3) is 0 Å². The molecule has 0 atom stereocenters. The highest BCUT2D eigenvalue weighted by molar-refractivity contribution is 5.98. The highest BCUT2D eigenvalue weighted by Crippen LogP contribution is 2.26. The summed E-state index contributed by atoms with van der Waals surface area (Å²) >= 11 is 0. The second-order valence-corrected chi connectivity index (χ2v) is 5.01. The van der Waals surface area contributed by atoms with Crippen LogP contribution in [0.3, 0.4) is 0 Å². The van der Waals surface area contributed by atoms with E-state index in [1.54, 1.807) is 0 Å². The Balaban J connectivity index is 2.16. The monoisotopic (exact) mass is 252 g/mol. The fourth-order valence-electron chi connectivity index (χ4n) is 2.63. The molecule has 0 spiro atoms. The van der Waals surface area contributed by atoms with Gasteiger partial charge in [0.15, 0.2) is 17.4 Å². The quantitative estimate of drug-likeness (QED) is 0.708. The van der Waals surface area contributed by atoms with Crippen LogP contribution in [-0.2, 0) is 0 Å². The number of hydrogen-bond donors (Lipinski definition) is 0. The zero-order valence-corrected chi connectivity index (χ0v) is 10.4. The fourth-order valence-corrected chi connectivity index (χ4v) is 2.63. The summed E-state index contributed by atoms with van der Waals surface area (Å²) in [6.45, 7) is 0. The van der Waals surface area contributed by atoms with Crippen molar-refractivity contribution in [1.29, 1.82) is 0 Å². The minimum absolute atomic E-state index is 0.0828. The van der Waals surface area contributed by atoms with Crippen molar-refractivity contribution < 1.29 is 13.6 Å². The molecule has 0 N–H and O–H groups in total. The fraction of sp³-hybridized carbons (Fsp3) is 0.533. The maximum absolute atomic E-state index is 13.6. The lowest BCUT2D eigenvalue weighted by Crippen LogP contribution is -2.18. The largest absolute Gasteiger partial charge is 0.294 e. The van der Waals surface area contributed by atoms with Crippen LogP contribution < -0.4 is 0 Å². The van der Waals surface area contributed by atoms with Crippen molar-refractivity contribution in [1.82, 2.24) is 0 Å². The number of rotatable bonds is 2. The Kier molecular flexibility index (Phi) is 4.45. The number of ketones is 1. The van der Waals surface area contributed by atoms with E-state index in [-0.39, 0.29) is 17.3 Å². The topological polar surface area (TPSA) is 17.1 Å². The van der Waals surface area contributed by atoms with Gasteiger partial charge in [0.05, 0.1) is 5.56 Å². The Morgan fingerprint density at radius 2 is 1.61 bits per heavy atom. The molecule has 1 aromatic rings. The Morgan fingerprint density at radius 1 is 1.00 bits per heavy atom. The zero-order valence-electron chi connectivity index (χ0n) is 10.4. The molecule has 1 aliphatic rings. The molecule has 1 aromatic carbocycles. The molecule has 3 heteroatoms. The first-order valence-corrected chi connectivity index (χ1v) is 6.68. The van der Waals surface area contributed by atoms with E-state index in [1.807, 2.05) is 0 Å². The maximum atomic E-state index is 13.6. The average molecular weight is 252 g/mol. The first-order valence-electron chi connectivity index (χ1n) is 6.68. The zero-order chi connectivity index (χ0) is 13.0. The molecule has 0 amide bonds. The molecule has 0 saturated heterocycles. The maximum Gasteiger partial charge on any atom is 0.169 e. The molecule has 0 unspecified atom stereocenters. The molecular formula is C15H18F2O. The summed E-state index contributed by atoms with van der Waals surface area (Å²) in [6, 6.07) is 3.83. The summed E-state index contributed by atoms with van der Waals surface area (Å²) in [5.74, 6) is -2.30. The summed E-state index contributed by atoms with van der Waals surface area (Å²) < 4.78 is 26.7. The first-order chi connectivity index (χ1) is 8.70. The third-order valence-corrected chi connectivity index (χ3v) is 3.69. The van der Waals surface area contributed by atoms with E-state index in [1.165, 1.54) is 18.6 Å². The smallest absolute Gasteiger partial charge is 0.169 e. The summed E-state index contributed by atoms with van der Waals surface area (Å²) in [6.07, 6.45) is 7.10. The molecule has 2 rings (SSSR count). The van der Waals surface area contributed by atoms with E-state index < -0.39 is 11.6 Å². The van der Waals surface area contributed by atoms with Crippen LogP contribution in [0.2, 0.25) is 0 Å². The van der Waals surface area contributed by atoms with Gasteiger partial charge in [0.25, 0.3) is 0 Å². The second kappa shape index (κ2) is 6.07. The summed E-state index contributed by atoms with van der Waals surface area (Å²) in [4.78, 5) is 12.2. The Hall–Kier alpha value is -1.25. The van der Waals surface area contributed by atoms with Gasteiger partial charge < -0.3 is 0 Å². The van der Waals surface area contributed by atoms with Crippen molar-refractivity contribution >= 4 is 5.78 Å². The third kappa shape index (κ3) is 2.95. The highest BCUT2D eigenvalue weighted by Gasteiger charge is 2.24. The number of carbonyl (C=O) groups is 1. The van der Waals surface area contributed by atoms with E-state index in [0.717, 1.165) is 44.6 Å². The Morgan fingerprint density at radius 3 is 2.28 bits per heavy atom.